The third kappa shape index (κ3) is 2.34. The molecule has 5 heteroatoms. The van der Waals surface area contributed by atoms with E-state index in [-0.39, 0.29) is 12.7 Å². The summed E-state index contributed by atoms with van der Waals surface area (Å²) in [5, 5.41) is 0.408. The topological polar surface area (TPSA) is 38.8 Å². The fraction of sp³-hybridized carbons (Fsp3) is 0.278. The number of para-hydroxylation sites is 1. The molecule has 0 atom stereocenters. The standard InChI is InChI=1S/C18H16ClNO3/c1-11-4-2-5-12-6-3-7-20(16(11)12)18(21)13-8-14(19)17-15(9-13)22-10-23-17/h2,4-5,8-9H,3,6-7,10H2,1H3. The maximum Gasteiger partial charge on any atom is 0.258 e. The predicted octanol–water partition coefficient (Wildman–Crippen LogP) is 3.97. The number of amides is 1. The molecule has 0 saturated heterocycles. The number of nitrogens with zero attached hydrogens (tertiary/aromatic N) is 1. The molecular formula is C18H16ClNO3. The highest BCUT2D eigenvalue weighted by Gasteiger charge is 2.27. The van der Waals surface area contributed by atoms with Gasteiger partial charge in [-0.3, -0.25) is 4.79 Å². The summed E-state index contributed by atoms with van der Waals surface area (Å²) >= 11 is 6.21. The van der Waals surface area contributed by atoms with Gasteiger partial charge in [0.25, 0.3) is 5.91 Å². The lowest BCUT2D eigenvalue weighted by molar-refractivity contribution is 0.0984. The number of carbonyl (C=O) groups excluding carboxylic acids is 1. The van der Waals surface area contributed by atoms with E-state index >= 15 is 0 Å². The second-order valence-electron chi connectivity index (χ2n) is 5.83. The lowest BCUT2D eigenvalue weighted by Crippen LogP contribution is -2.36. The molecule has 0 fully saturated rings. The molecule has 4 rings (SSSR count). The Kier molecular flexibility index (Phi) is 3.42. The monoisotopic (exact) mass is 329 g/mol. The van der Waals surface area contributed by atoms with Crippen LogP contribution in [-0.2, 0) is 6.42 Å². The number of ether oxygens (including phenoxy) is 2. The fourth-order valence-electron chi connectivity index (χ4n) is 3.30. The number of aryl methyl sites for hydroxylation is 2. The van der Waals surface area contributed by atoms with Crippen molar-refractivity contribution in [2.24, 2.45) is 0 Å². The largest absolute Gasteiger partial charge is 0.454 e. The van der Waals surface area contributed by atoms with Gasteiger partial charge in [0.2, 0.25) is 6.79 Å². The number of hydrogen-bond acceptors (Lipinski definition) is 3. The maximum atomic E-state index is 13.0. The molecule has 23 heavy (non-hydrogen) atoms. The van der Waals surface area contributed by atoms with Crippen molar-refractivity contribution in [2.45, 2.75) is 19.8 Å². The maximum absolute atomic E-state index is 13.0. The normalized spacial score (nSPS) is 15.5. The van der Waals surface area contributed by atoms with Crippen LogP contribution in [0.3, 0.4) is 0 Å². The van der Waals surface area contributed by atoms with Crippen molar-refractivity contribution in [3.8, 4) is 11.5 Å². The zero-order chi connectivity index (χ0) is 16.0. The molecule has 4 nitrogen and oxygen atoms in total. The van der Waals surface area contributed by atoms with E-state index < -0.39 is 0 Å². The fourth-order valence-corrected chi connectivity index (χ4v) is 3.56. The SMILES string of the molecule is Cc1cccc2c1N(C(=O)c1cc(Cl)c3c(c1)OCO3)CCC2. The molecule has 0 aliphatic carbocycles. The highest BCUT2D eigenvalue weighted by Crippen LogP contribution is 2.40. The van der Waals surface area contributed by atoms with Crippen LogP contribution in [0.2, 0.25) is 5.02 Å². The molecule has 2 aromatic rings. The van der Waals surface area contributed by atoms with Crippen LogP contribution in [0.25, 0.3) is 0 Å². The molecule has 0 aromatic heterocycles. The molecule has 0 unspecified atom stereocenters. The van der Waals surface area contributed by atoms with Crippen molar-refractivity contribution in [3.63, 3.8) is 0 Å². The Morgan fingerprint density at radius 3 is 3.00 bits per heavy atom. The first-order chi connectivity index (χ1) is 11.1. The number of rotatable bonds is 1. The molecule has 2 aliphatic heterocycles. The quantitative estimate of drug-likeness (QED) is 0.794. The predicted molar refractivity (Wildman–Crippen MR) is 88.8 cm³/mol. The van der Waals surface area contributed by atoms with Crippen LogP contribution < -0.4 is 14.4 Å². The summed E-state index contributed by atoms with van der Waals surface area (Å²) in [6.07, 6.45) is 1.96. The van der Waals surface area contributed by atoms with Gasteiger partial charge in [-0.1, -0.05) is 29.8 Å². The highest BCUT2D eigenvalue weighted by atomic mass is 35.5. The highest BCUT2D eigenvalue weighted by molar-refractivity contribution is 6.33. The Balaban J connectivity index is 1.76. The van der Waals surface area contributed by atoms with E-state index in [1.165, 1.54) is 5.56 Å². The Bertz CT molecular complexity index is 803. The first-order valence-corrected chi connectivity index (χ1v) is 8.02. The molecule has 2 aliphatic rings. The van der Waals surface area contributed by atoms with Crippen molar-refractivity contribution >= 4 is 23.2 Å². The van der Waals surface area contributed by atoms with Gasteiger partial charge in [0.15, 0.2) is 11.5 Å². The van der Waals surface area contributed by atoms with Gasteiger partial charge in [0.1, 0.15) is 0 Å². The molecule has 2 heterocycles. The molecule has 0 bridgehead atoms. The van der Waals surface area contributed by atoms with Crippen molar-refractivity contribution in [3.05, 3.63) is 52.0 Å². The van der Waals surface area contributed by atoms with Crippen LogP contribution in [0.1, 0.15) is 27.9 Å². The van der Waals surface area contributed by atoms with E-state index in [9.17, 15) is 4.79 Å². The van der Waals surface area contributed by atoms with Gasteiger partial charge >= 0.3 is 0 Å². The van der Waals surface area contributed by atoms with Crippen molar-refractivity contribution in [1.82, 2.24) is 0 Å². The summed E-state index contributed by atoms with van der Waals surface area (Å²) < 4.78 is 10.7. The first-order valence-electron chi connectivity index (χ1n) is 7.64. The number of fused-ring (bicyclic) bond motifs is 2. The van der Waals surface area contributed by atoms with Crippen LogP contribution >= 0.6 is 11.6 Å². The minimum atomic E-state index is -0.0551. The van der Waals surface area contributed by atoms with E-state index in [4.69, 9.17) is 21.1 Å². The minimum Gasteiger partial charge on any atom is -0.454 e. The Morgan fingerprint density at radius 1 is 1.26 bits per heavy atom. The number of halogens is 1. The molecule has 1 amide bonds. The van der Waals surface area contributed by atoms with Crippen molar-refractivity contribution in [1.29, 1.82) is 0 Å². The Labute approximate surface area is 139 Å². The minimum absolute atomic E-state index is 0.0551. The van der Waals surface area contributed by atoms with Crippen molar-refractivity contribution in [2.75, 3.05) is 18.2 Å². The number of benzene rings is 2. The molecular weight excluding hydrogens is 314 g/mol. The summed E-state index contributed by atoms with van der Waals surface area (Å²) in [4.78, 5) is 14.9. The van der Waals surface area contributed by atoms with Crippen LogP contribution in [0.4, 0.5) is 5.69 Å². The van der Waals surface area contributed by atoms with E-state index in [1.807, 2.05) is 24.0 Å². The van der Waals surface area contributed by atoms with Gasteiger partial charge in [-0.25, -0.2) is 0 Å². The summed E-state index contributed by atoms with van der Waals surface area (Å²) in [6, 6.07) is 9.54. The number of anilines is 1. The average Bonchev–Trinajstić information content (AvgIpc) is 3.03. The van der Waals surface area contributed by atoms with Crippen LogP contribution in [0.15, 0.2) is 30.3 Å². The second kappa shape index (κ2) is 5.46. The number of hydrogen-bond donors (Lipinski definition) is 0. The molecule has 0 radical (unpaired) electrons. The van der Waals surface area contributed by atoms with Crippen LogP contribution in [0.5, 0.6) is 11.5 Å². The van der Waals surface area contributed by atoms with Crippen LogP contribution in [0, 0.1) is 6.92 Å². The first kappa shape index (κ1) is 14.4. The van der Waals surface area contributed by atoms with Gasteiger partial charge < -0.3 is 14.4 Å². The van der Waals surface area contributed by atoms with Gasteiger partial charge in [-0.15, -0.1) is 0 Å². The summed E-state index contributed by atoms with van der Waals surface area (Å²) in [7, 11) is 0. The molecule has 0 N–H and O–H groups in total. The Morgan fingerprint density at radius 2 is 2.13 bits per heavy atom. The Hall–Kier alpha value is -2.20. The zero-order valence-electron chi connectivity index (χ0n) is 12.8. The second-order valence-corrected chi connectivity index (χ2v) is 6.24. The summed E-state index contributed by atoms with van der Waals surface area (Å²) in [5.41, 5.74) is 3.88. The zero-order valence-corrected chi connectivity index (χ0v) is 13.5. The van der Waals surface area contributed by atoms with E-state index in [0.717, 1.165) is 24.1 Å². The smallest absolute Gasteiger partial charge is 0.258 e. The lowest BCUT2D eigenvalue weighted by Gasteiger charge is -2.31. The molecule has 0 spiro atoms. The lowest BCUT2D eigenvalue weighted by atomic mass is 9.97. The van der Waals surface area contributed by atoms with E-state index in [0.29, 0.717) is 28.6 Å². The van der Waals surface area contributed by atoms with E-state index in [2.05, 4.69) is 6.07 Å². The molecule has 2 aromatic carbocycles. The van der Waals surface area contributed by atoms with Crippen molar-refractivity contribution < 1.29 is 14.3 Å². The van der Waals surface area contributed by atoms with Gasteiger partial charge in [0.05, 0.1) is 10.7 Å². The number of carbonyl (C=O) groups is 1. The van der Waals surface area contributed by atoms with Gasteiger partial charge in [-0.2, -0.15) is 0 Å². The molecule has 0 saturated carbocycles. The van der Waals surface area contributed by atoms with Gasteiger partial charge in [-0.05, 0) is 43.0 Å². The summed E-state index contributed by atoms with van der Waals surface area (Å²) in [5.74, 6) is 0.988. The average molecular weight is 330 g/mol. The third-order valence-electron chi connectivity index (χ3n) is 4.34. The summed E-state index contributed by atoms with van der Waals surface area (Å²) in [6.45, 7) is 2.89. The molecule has 118 valence electrons. The van der Waals surface area contributed by atoms with Crippen LogP contribution in [-0.4, -0.2) is 19.2 Å². The van der Waals surface area contributed by atoms with Gasteiger partial charge in [0, 0.05) is 12.1 Å². The van der Waals surface area contributed by atoms with E-state index in [1.54, 1.807) is 12.1 Å². The third-order valence-corrected chi connectivity index (χ3v) is 4.62.